The van der Waals surface area contributed by atoms with Crippen molar-refractivity contribution in [3.8, 4) is 0 Å². The molecule has 3 rings (SSSR count). The van der Waals surface area contributed by atoms with Crippen molar-refractivity contribution >= 4 is 5.97 Å². The summed E-state index contributed by atoms with van der Waals surface area (Å²) in [6, 6.07) is 8.09. The Balaban J connectivity index is 1.88. The maximum atomic E-state index is 11.5. The van der Waals surface area contributed by atoms with E-state index in [2.05, 4.69) is 11.0 Å². The third-order valence-corrected chi connectivity index (χ3v) is 4.28. The van der Waals surface area contributed by atoms with Crippen LogP contribution in [0.4, 0.5) is 0 Å². The van der Waals surface area contributed by atoms with Crippen LogP contribution in [-0.2, 0) is 16.8 Å². The molecule has 3 heteroatoms. The number of carboxylic acids is 1. The maximum Gasteiger partial charge on any atom is 0.314 e. The molecule has 1 saturated heterocycles. The molecule has 1 heterocycles. The van der Waals surface area contributed by atoms with E-state index in [0.717, 1.165) is 38.0 Å². The first-order valence-electron chi connectivity index (χ1n) is 6.76. The molecule has 1 aliphatic heterocycles. The summed E-state index contributed by atoms with van der Waals surface area (Å²) in [4.78, 5) is 13.9. The topological polar surface area (TPSA) is 40.5 Å². The van der Waals surface area contributed by atoms with E-state index in [1.165, 1.54) is 18.4 Å². The van der Waals surface area contributed by atoms with Gasteiger partial charge in [-0.3, -0.25) is 9.69 Å². The fraction of sp³-hybridized carbons (Fsp3) is 0.533. The smallest absolute Gasteiger partial charge is 0.314 e. The Kier molecular flexibility index (Phi) is 2.86. The number of aliphatic carboxylic acids is 1. The van der Waals surface area contributed by atoms with Gasteiger partial charge in [0.2, 0.25) is 0 Å². The minimum absolute atomic E-state index is 0.573. The quantitative estimate of drug-likeness (QED) is 0.885. The van der Waals surface area contributed by atoms with Gasteiger partial charge in [-0.15, -0.1) is 0 Å². The molecule has 0 spiro atoms. The van der Waals surface area contributed by atoms with Gasteiger partial charge in [-0.1, -0.05) is 24.3 Å². The molecule has 1 N–H and O–H groups in total. The Morgan fingerprint density at radius 2 is 1.89 bits per heavy atom. The Morgan fingerprint density at radius 3 is 2.50 bits per heavy atom. The zero-order valence-corrected chi connectivity index (χ0v) is 10.6. The predicted molar refractivity (Wildman–Crippen MR) is 69.5 cm³/mol. The standard InChI is InChI=1S/C15H19NO2/c17-14(18)15(7-8-15)13-6-2-1-5-12(13)11-16-9-3-4-10-16/h1-2,5-6H,3-4,7-11H2,(H,17,18). The lowest BCUT2D eigenvalue weighted by molar-refractivity contribution is -0.140. The average molecular weight is 245 g/mol. The van der Waals surface area contributed by atoms with Gasteiger partial charge in [0, 0.05) is 6.54 Å². The number of carboxylic acid groups (broad SMARTS) is 1. The Morgan fingerprint density at radius 1 is 1.22 bits per heavy atom. The number of hydrogen-bond donors (Lipinski definition) is 1. The number of carbonyl (C=O) groups is 1. The van der Waals surface area contributed by atoms with Crippen molar-refractivity contribution < 1.29 is 9.90 Å². The van der Waals surface area contributed by atoms with E-state index >= 15 is 0 Å². The van der Waals surface area contributed by atoms with Gasteiger partial charge in [-0.2, -0.15) is 0 Å². The van der Waals surface area contributed by atoms with E-state index in [9.17, 15) is 9.90 Å². The Hall–Kier alpha value is -1.35. The molecule has 1 aliphatic carbocycles. The van der Waals surface area contributed by atoms with Crippen LogP contribution >= 0.6 is 0 Å². The second-order valence-electron chi connectivity index (χ2n) is 5.53. The fourth-order valence-corrected chi connectivity index (χ4v) is 3.03. The summed E-state index contributed by atoms with van der Waals surface area (Å²) in [5.74, 6) is -0.656. The highest BCUT2D eigenvalue weighted by Gasteiger charge is 2.52. The lowest BCUT2D eigenvalue weighted by Gasteiger charge is -2.20. The first-order valence-corrected chi connectivity index (χ1v) is 6.76. The molecule has 3 nitrogen and oxygen atoms in total. The van der Waals surface area contributed by atoms with E-state index in [4.69, 9.17) is 0 Å². The van der Waals surface area contributed by atoms with Gasteiger partial charge in [0.15, 0.2) is 0 Å². The molecule has 2 aliphatic rings. The van der Waals surface area contributed by atoms with Crippen molar-refractivity contribution in [1.82, 2.24) is 4.90 Å². The van der Waals surface area contributed by atoms with Gasteiger partial charge in [0.25, 0.3) is 0 Å². The summed E-state index contributed by atoms with van der Waals surface area (Å²) in [6.45, 7) is 3.20. The molecule has 0 unspecified atom stereocenters. The van der Waals surface area contributed by atoms with E-state index in [1.54, 1.807) is 0 Å². The zero-order chi connectivity index (χ0) is 12.6. The lowest BCUT2D eigenvalue weighted by atomic mass is 9.91. The number of benzene rings is 1. The molecule has 0 radical (unpaired) electrons. The largest absolute Gasteiger partial charge is 0.481 e. The molecule has 1 saturated carbocycles. The number of rotatable bonds is 4. The molecule has 18 heavy (non-hydrogen) atoms. The summed E-state index contributed by atoms with van der Waals surface area (Å²) in [7, 11) is 0. The van der Waals surface area contributed by atoms with Crippen LogP contribution in [0.25, 0.3) is 0 Å². The highest BCUT2D eigenvalue weighted by molar-refractivity contribution is 5.85. The molecular weight excluding hydrogens is 226 g/mol. The van der Waals surface area contributed by atoms with Crippen molar-refractivity contribution in [3.63, 3.8) is 0 Å². The molecule has 1 aromatic rings. The number of hydrogen-bond acceptors (Lipinski definition) is 2. The minimum Gasteiger partial charge on any atom is -0.481 e. The first kappa shape index (κ1) is 11.7. The SMILES string of the molecule is O=C(O)C1(c2ccccc2CN2CCCC2)CC1. The van der Waals surface area contributed by atoms with Crippen molar-refractivity contribution in [3.05, 3.63) is 35.4 Å². The summed E-state index contributed by atoms with van der Waals surface area (Å²) >= 11 is 0. The van der Waals surface area contributed by atoms with Crippen LogP contribution in [-0.4, -0.2) is 29.1 Å². The molecule has 1 aromatic carbocycles. The van der Waals surface area contributed by atoms with Crippen molar-refractivity contribution in [1.29, 1.82) is 0 Å². The highest BCUT2D eigenvalue weighted by Crippen LogP contribution is 2.49. The molecule has 96 valence electrons. The van der Waals surface area contributed by atoms with Crippen LogP contribution in [0.5, 0.6) is 0 Å². The van der Waals surface area contributed by atoms with Gasteiger partial charge in [0.1, 0.15) is 0 Å². The molecule has 0 atom stereocenters. The van der Waals surface area contributed by atoms with E-state index in [1.807, 2.05) is 18.2 Å². The Labute approximate surface area is 107 Å². The number of likely N-dealkylation sites (tertiary alicyclic amines) is 1. The molecular formula is C15H19NO2. The molecule has 0 aromatic heterocycles. The fourth-order valence-electron chi connectivity index (χ4n) is 3.03. The van der Waals surface area contributed by atoms with Gasteiger partial charge < -0.3 is 5.11 Å². The first-order chi connectivity index (χ1) is 8.72. The predicted octanol–water partition coefficient (Wildman–Crippen LogP) is 2.40. The van der Waals surface area contributed by atoms with E-state index < -0.39 is 11.4 Å². The normalized spacial score (nSPS) is 22.0. The van der Waals surface area contributed by atoms with Crippen LogP contribution < -0.4 is 0 Å². The van der Waals surface area contributed by atoms with Crippen LogP contribution in [0.15, 0.2) is 24.3 Å². The van der Waals surface area contributed by atoms with Crippen molar-refractivity contribution in [2.75, 3.05) is 13.1 Å². The third kappa shape index (κ3) is 1.93. The molecule has 0 bridgehead atoms. The summed E-state index contributed by atoms with van der Waals surface area (Å²) < 4.78 is 0. The minimum atomic E-state index is -0.656. The third-order valence-electron chi connectivity index (χ3n) is 4.28. The second-order valence-corrected chi connectivity index (χ2v) is 5.53. The van der Waals surface area contributed by atoms with Crippen molar-refractivity contribution in [2.45, 2.75) is 37.6 Å². The molecule has 2 fully saturated rings. The van der Waals surface area contributed by atoms with Gasteiger partial charge in [-0.25, -0.2) is 0 Å². The zero-order valence-electron chi connectivity index (χ0n) is 10.6. The maximum absolute atomic E-state index is 11.5. The Bertz CT molecular complexity index is 459. The second kappa shape index (κ2) is 4.39. The summed E-state index contributed by atoms with van der Waals surface area (Å²) in [5, 5.41) is 9.43. The summed E-state index contributed by atoms with van der Waals surface area (Å²) in [6.07, 6.45) is 4.12. The highest BCUT2D eigenvalue weighted by atomic mass is 16.4. The van der Waals surface area contributed by atoms with Crippen LogP contribution in [0, 0.1) is 0 Å². The average Bonchev–Trinajstić information content (AvgIpc) is 3.03. The van der Waals surface area contributed by atoms with E-state index in [0.29, 0.717) is 0 Å². The monoisotopic (exact) mass is 245 g/mol. The number of nitrogens with zero attached hydrogens (tertiary/aromatic N) is 1. The van der Waals surface area contributed by atoms with Gasteiger partial charge in [-0.05, 0) is 49.9 Å². The molecule has 0 amide bonds. The van der Waals surface area contributed by atoms with Gasteiger partial charge in [0.05, 0.1) is 5.41 Å². The van der Waals surface area contributed by atoms with Crippen LogP contribution in [0.3, 0.4) is 0 Å². The van der Waals surface area contributed by atoms with Crippen molar-refractivity contribution in [2.24, 2.45) is 0 Å². The van der Waals surface area contributed by atoms with E-state index in [-0.39, 0.29) is 0 Å². The summed E-state index contributed by atoms with van der Waals surface area (Å²) in [5.41, 5.74) is 1.68. The van der Waals surface area contributed by atoms with Crippen LogP contribution in [0.2, 0.25) is 0 Å². The van der Waals surface area contributed by atoms with Gasteiger partial charge >= 0.3 is 5.97 Å². The lowest BCUT2D eigenvalue weighted by Crippen LogP contribution is -2.25. The van der Waals surface area contributed by atoms with Crippen LogP contribution in [0.1, 0.15) is 36.8 Å².